The third-order valence-electron chi connectivity index (χ3n) is 3.64. The van der Waals surface area contributed by atoms with E-state index in [1.54, 1.807) is 0 Å². The second-order valence-electron chi connectivity index (χ2n) is 5.77. The summed E-state index contributed by atoms with van der Waals surface area (Å²) in [5, 5.41) is 6.43. The van der Waals surface area contributed by atoms with E-state index in [0.717, 1.165) is 17.1 Å². The number of hydrogen-bond acceptors (Lipinski definition) is 3. The molecule has 3 nitrogen and oxygen atoms in total. The van der Waals surface area contributed by atoms with Crippen LogP contribution in [0.25, 0.3) is 0 Å². The highest BCUT2D eigenvalue weighted by Gasteiger charge is 2.32. The van der Waals surface area contributed by atoms with Gasteiger partial charge < -0.3 is 10.6 Å². The Morgan fingerprint density at radius 3 is 2.79 bits per heavy atom. The molecule has 0 bridgehead atoms. The van der Waals surface area contributed by atoms with Crippen LogP contribution in [0.15, 0.2) is 24.3 Å². The number of nitrogens with one attached hydrogen (secondary N) is 2. The van der Waals surface area contributed by atoms with Crippen LogP contribution in [-0.2, 0) is 4.79 Å². The standard InChI is InChI=1S/C15H22N2OS/c1-11(18)16-12-5-4-6-13(9-12)17-14-10-19-8-7-15(14,2)3/h4-6,9,14,17H,7-8,10H2,1-3H3,(H,16,18). The van der Waals surface area contributed by atoms with Crippen LogP contribution in [0.5, 0.6) is 0 Å². The summed E-state index contributed by atoms with van der Waals surface area (Å²) < 4.78 is 0. The Morgan fingerprint density at radius 2 is 2.11 bits per heavy atom. The lowest BCUT2D eigenvalue weighted by molar-refractivity contribution is -0.114. The van der Waals surface area contributed by atoms with E-state index < -0.39 is 0 Å². The lowest BCUT2D eigenvalue weighted by atomic mass is 9.82. The highest BCUT2D eigenvalue weighted by Crippen LogP contribution is 2.36. The van der Waals surface area contributed by atoms with Crippen molar-refractivity contribution in [3.05, 3.63) is 24.3 Å². The number of benzene rings is 1. The Balaban J connectivity index is 2.07. The zero-order chi connectivity index (χ0) is 13.9. The minimum atomic E-state index is -0.0364. The van der Waals surface area contributed by atoms with Crippen molar-refractivity contribution in [3.8, 4) is 0 Å². The van der Waals surface area contributed by atoms with Crippen LogP contribution in [0.1, 0.15) is 27.2 Å². The molecule has 1 heterocycles. The van der Waals surface area contributed by atoms with Gasteiger partial charge in [0, 0.05) is 30.1 Å². The van der Waals surface area contributed by atoms with Crippen molar-refractivity contribution < 1.29 is 4.79 Å². The molecule has 1 unspecified atom stereocenters. The van der Waals surface area contributed by atoms with Crippen LogP contribution >= 0.6 is 11.8 Å². The van der Waals surface area contributed by atoms with Crippen LogP contribution in [0.2, 0.25) is 0 Å². The summed E-state index contributed by atoms with van der Waals surface area (Å²) in [7, 11) is 0. The molecule has 1 atom stereocenters. The minimum Gasteiger partial charge on any atom is -0.381 e. The van der Waals surface area contributed by atoms with Gasteiger partial charge in [0.25, 0.3) is 0 Å². The van der Waals surface area contributed by atoms with Gasteiger partial charge in [0.15, 0.2) is 0 Å². The largest absolute Gasteiger partial charge is 0.381 e. The summed E-state index contributed by atoms with van der Waals surface area (Å²) in [4.78, 5) is 11.1. The number of hydrogen-bond donors (Lipinski definition) is 2. The first-order chi connectivity index (χ1) is 8.97. The Hall–Kier alpha value is -1.16. The van der Waals surface area contributed by atoms with E-state index in [0.29, 0.717) is 11.5 Å². The van der Waals surface area contributed by atoms with Gasteiger partial charge in [-0.3, -0.25) is 4.79 Å². The fraction of sp³-hybridized carbons (Fsp3) is 0.533. The Labute approximate surface area is 119 Å². The first kappa shape index (κ1) is 14.3. The fourth-order valence-electron chi connectivity index (χ4n) is 2.26. The molecule has 1 aromatic carbocycles. The SMILES string of the molecule is CC(=O)Nc1cccc(NC2CSCCC2(C)C)c1. The van der Waals surface area contributed by atoms with E-state index in [9.17, 15) is 4.79 Å². The van der Waals surface area contributed by atoms with Crippen molar-refractivity contribution in [2.45, 2.75) is 33.2 Å². The Morgan fingerprint density at radius 1 is 1.37 bits per heavy atom. The first-order valence-electron chi connectivity index (χ1n) is 6.69. The number of rotatable bonds is 3. The summed E-state index contributed by atoms with van der Waals surface area (Å²) in [6.07, 6.45) is 1.24. The molecule has 2 N–H and O–H groups in total. The lowest BCUT2D eigenvalue weighted by Crippen LogP contribution is -2.41. The van der Waals surface area contributed by atoms with Gasteiger partial charge in [-0.1, -0.05) is 19.9 Å². The predicted octanol–water partition coefficient (Wildman–Crippen LogP) is 3.59. The molecule has 0 spiro atoms. The molecule has 1 saturated heterocycles. The molecule has 2 rings (SSSR count). The van der Waals surface area contributed by atoms with Crippen LogP contribution in [0.4, 0.5) is 11.4 Å². The van der Waals surface area contributed by atoms with Gasteiger partial charge in [-0.2, -0.15) is 11.8 Å². The molecule has 0 aromatic heterocycles. The van der Waals surface area contributed by atoms with Crippen molar-refractivity contribution in [3.63, 3.8) is 0 Å². The summed E-state index contributed by atoms with van der Waals surface area (Å²) >= 11 is 2.01. The van der Waals surface area contributed by atoms with Crippen LogP contribution in [0.3, 0.4) is 0 Å². The summed E-state index contributed by atoms with van der Waals surface area (Å²) in [6.45, 7) is 6.17. The number of amides is 1. The van der Waals surface area contributed by atoms with Gasteiger partial charge in [-0.15, -0.1) is 0 Å². The maximum atomic E-state index is 11.1. The molecule has 1 aromatic rings. The van der Waals surface area contributed by atoms with Crippen molar-refractivity contribution in [1.29, 1.82) is 0 Å². The topological polar surface area (TPSA) is 41.1 Å². The molecule has 1 aliphatic heterocycles. The zero-order valence-electron chi connectivity index (χ0n) is 11.8. The van der Waals surface area contributed by atoms with E-state index in [1.165, 1.54) is 19.1 Å². The molecular formula is C15H22N2OS. The number of carbonyl (C=O) groups is 1. The lowest BCUT2D eigenvalue weighted by Gasteiger charge is -2.39. The minimum absolute atomic E-state index is 0.0364. The van der Waals surface area contributed by atoms with Crippen LogP contribution in [0, 0.1) is 5.41 Å². The quantitative estimate of drug-likeness (QED) is 0.888. The molecule has 0 aliphatic carbocycles. The van der Waals surface area contributed by atoms with Crippen molar-refractivity contribution in [2.24, 2.45) is 5.41 Å². The van der Waals surface area contributed by atoms with Gasteiger partial charge >= 0.3 is 0 Å². The summed E-state index contributed by atoms with van der Waals surface area (Å²) in [6, 6.07) is 8.40. The molecular weight excluding hydrogens is 256 g/mol. The van der Waals surface area contributed by atoms with Crippen LogP contribution < -0.4 is 10.6 Å². The highest BCUT2D eigenvalue weighted by atomic mass is 32.2. The average Bonchev–Trinajstić information content (AvgIpc) is 2.31. The first-order valence-corrected chi connectivity index (χ1v) is 7.85. The van der Waals surface area contributed by atoms with Gasteiger partial charge in [-0.05, 0) is 35.8 Å². The third kappa shape index (κ3) is 3.90. The maximum Gasteiger partial charge on any atom is 0.221 e. The van der Waals surface area contributed by atoms with E-state index in [1.807, 2.05) is 30.0 Å². The second-order valence-corrected chi connectivity index (χ2v) is 6.92. The predicted molar refractivity (Wildman–Crippen MR) is 83.9 cm³/mol. The molecule has 1 amide bonds. The smallest absolute Gasteiger partial charge is 0.221 e. The Kier molecular flexibility index (Phi) is 4.40. The van der Waals surface area contributed by atoms with E-state index in [-0.39, 0.29) is 5.91 Å². The van der Waals surface area contributed by atoms with Crippen LogP contribution in [-0.4, -0.2) is 23.5 Å². The molecule has 0 radical (unpaired) electrons. The second kappa shape index (κ2) is 5.87. The molecule has 1 aliphatic rings. The molecule has 0 saturated carbocycles. The van der Waals surface area contributed by atoms with Gasteiger partial charge in [-0.25, -0.2) is 0 Å². The van der Waals surface area contributed by atoms with E-state index >= 15 is 0 Å². The van der Waals surface area contributed by atoms with E-state index in [2.05, 4.69) is 30.5 Å². The molecule has 4 heteroatoms. The normalized spacial score (nSPS) is 21.7. The van der Waals surface area contributed by atoms with Crippen molar-refractivity contribution >= 4 is 29.0 Å². The number of thioether (sulfide) groups is 1. The Bertz CT molecular complexity index is 459. The van der Waals surface area contributed by atoms with Crippen molar-refractivity contribution in [2.75, 3.05) is 22.1 Å². The molecule has 19 heavy (non-hydrogen) atoms. The number of anilines is 2. The molecule has 1 fully saturated rings. The molecule has 104 valence electrons. The highest BCUT2D eigenvalue weighted by molar-refractivity contribution is 7.99. The van der Waals surface area contributed by atoms with Gasteiger partial charge in [0.1, 0.15) is 0 Å². The van der Waals surface area contributed by atoms with Crippen molar-refractivity contribution in [1.82, 2.24) is 0 Å². The third-order valence-corrected chi connectivity index (χ3v) is 4.70. The number of carbonyl (C=O) groups excluding carboxylic acids is 1. The monoisotopic (exact) mass is 278 g/mol. The van der Waals surface area contributed by atoms with Gasteiger partial charge in [0.05, 0.1) is 0 Å². The average molecular weight is 278 g/mol. The fourth-order valence-corrected chi connectivity index (χ4v) is 3.87. The summed E-state index contributed by atoms with van der Waals surface area (Å²) in [5.74, 6) is 2.35. The summed E-state index contributed by atoms with van der Waals surface area (Å²) in [5.41, 5.74) is 2.24. The zero-order valence-corrected chi connectivity index (χ0v) is 12.6. The maximum absolute atomic E-state index is 11.1. The van der Waals surface area contributed by atoms with E-state index in [4.69, 9.17) is 0 Å². The van der Waals surface area contributed by atoms with Gasteiger partial charge in [0.2, 0.25) is 5.91 Å².